The summed E-state index contributed by atoms with van der Waals surface area (Å²) < 4.78 is 5.16. The summed E-state index contributed by atoms with van der Waals surface area (Å²) in [5, 5.41) is 2.78. The van der Waals surface area contributed by atoms with Crippen molar-refractivity contribution in [3.63, 3.8) is 0 Å². The van der Waals surface area contributed by atoms with Crippen molar-refractivity contribution >= 4 is 11.6 Å². The second-order valence-electron chi connectivity index (χ2n) is 3.43. The molecule has 0 aromatic heterocycles. The zero-order chi connectivity index (χ0) is 12.1. The van der Waals surface area contributed by atoms with Gasteiger partial charge in [0.2, 0.25) is 0 Å². The molecule has 1 radical (unpaired) electrons. The average molecular weight is 226 g/mol. The first-order valence-corrected chi connectivity index (χ1v) is 5.22. The van der Waals surface area contributed by atoms with Gasteiger partial charge in [-0.1, -0.05) is 30.3 Å². The molecule has 2 aromatic carbocycles. The Kier molecular flexibility index (Phi) is 3.40. The monoisotopic (exact) mass is 226 g/mol. The summed E-state index contributed by atoms with van der Waals surface area (Å²) in [7, 11) is 1.57. The van der Waals surface area contributed by atoms with E-state index in [1.807, 2.05) is 18.2 Å². The highest BCUT2D eigenvalue weighted by Gasteiger charge is 2.08. The third-order valence-corrected chi connectivity index (χ3v) is 2.31. The maximum atomic E-state index is 11.9. The number of hydrogen-bond donors (Lipinski definition) is 1. The SMILES string of the molecule is COc1ccccc1NC(=O)c1[c]cccc1. The van der Waals surface area contributed by atoms with Crippen LogP contribution in [-0.2, 0) is 0 Å². The Morgan fingerprint density at radius 2 is 1.94 bits per heavy atom. The van der Waals surface area contributed by atoms with E-state index in [9.17, 15) is 4.79 Å². The number of rotatable bonds is 3. The van der Waals surface area contributed by atoms with E-state index >= 15 is 0 Å². The lowest BCUT2D eigenvalue weighted by atomic mass is 10.2. The molecule has 3 heteroatoms. The van der Waals surface area contributed by atoms with E-state index in [2.05, 4.69) is 11.4 Å². The van der Waals surface area contributed by atoms with Crippen LogP contribution in [0.15, 0.2) is 48.5 Å². The van der Waals surface area contributed by atoms with Gasteiger partial charge in [0.05, 0.1) is 12.8 Å². The topological polar surface area (TPSA) is 38.3 Å². The smallest absolute Gasteiger partial charge is 0.256 e. The number of carbonyl (C=O) groups excluding carboxylic acids is 1. The van der Waals surface area contributed by atoms with E-state index < -0.39 is 0 Å². The molecule has 0 unspecified atom stereocenters. The van der Waals surface area contributed by atoms with Gasteiger partial charge in [0.15, 0.2) is 0 Å². The standard InChI is InChI=1S/C14H12NO2/c1-17-13-10-6-5-9-12(13)15-14(16)11-7-3-2-4-8-11/h2-7,9-10H,1H3,(H,15,16). The molecule has 2 aromatic rings. The van der Waals surface area contributed by atoms with Crippen molar-refractivity contribution < 1.29 is 9.53 Å². The number of nitrogens with one attached hydrogen (secondary N) is 1. The minimum absolute atomic E-state index is 0.199. The molecule has 1 amide bonds. The zero-order valence-corrected chi connectivity index (χ0v) is 9.44. The fourth-order valence-electron chi connectivity index (χ4n) is 1.47. The Labute approximate surface area is 100 Å². The van der Waals surface area contributed by atoms with Gasteiger partial charge in [0.1, 0.15) is 5.75 Å². The molecular weight excluding hydrogens is 214 g/mol. The van der Waals surface area contributed by atoms with Gasteiger partial charge in [-0.2, -0.15) is 0 Å². The minimum atomic E-state index is -0.199. The van der Waals surface area contributed by atoms with Gasteiger partial charge in [-0.05, 0) is 24.3 Å². The van der Waals surface area contributed by atoms with Crippen LogP contribution in [-0.4, -0.2) is 13.0 Å². The lowest BCUT2D eigenvalue weighted by molar-refractivity contribution is 0.102. The summed E-state index contributed by atoms with van der Waals surface area (Å²) in [6.45, 7) is 0. The van der Waals surface area contributed by atoms with Crippen LogP contribution < -0.4 is 10.1 Å². The molecule has 0 bridgehead atoms. The number of amides is 1. The van der Waals surface area contributed by atoms with Crippen LogP contribution >= 0.6 is 0 Å². The fourth-order valence-corrected chi connectivity index (χ4v) is 1.47. The normalized spacial score (nSPS) is 9.71. The van der Waals surface area contributed by atoms with Gasteiger partial charge < -0.3 is 10.1 Å². The molecule has 3 nitrogen and oxygen atoms in total. The second kappa shape index (κ2) is 5.16. The van der Waals surface area contributed by atoms with Crippen LogP contribution in [0.1, 0.15) is 10.4 Å². The molecule has 85 valence electrons. The average Bonchev–Trinajstić information content (AvgIpc) is 2.40. The molecule has 0 saturated heterocycles. The first-order valence-electron chi connectivity index (χ1n) is 5.22. The number of carbonyl (C=O) groups is 1. The van der Waals surface area contributed by atoms with Gasteiger partial charge in [-0.25, -0.2) is 0 Å². The second-order valence-corrected chi connectivity index (χ2v) is 3.43. The number of anilines is 1. The van der Waals surface area contributed by atoms with Crippen LogP contribution in [0.25, 0.3) is 0 Å². The Hall–Kier alpha value is -2.29. The Morgan fingerprint density at radius 3 is 2.65 bits per heavy atom. The summed E-state index contributed by atoms with van der Waals surface area (Å²) in [5.74, 6) is 0.437. The number of para-hydroxylation sites is 2. The number of methoxy groups -OCH3 is 1. The van der Waals surface area contributed by atoms with Crippen molar-refractivity contribution in [3.05, 3.63) is 60.2 Å². The molecular formula is C14H12NO2. The summed E-state index contributed by atoms with van der Waals surface area (Å²) in [6.07, 6.45) is 0. The van der Waals surface area contributed by atoms with E-state index in [-0.39, 0.29) is 5.91 Å². The summed E-state index contributed by atoms with van der Waals surface area (Å²) in [4.78, 5) is 11.9. The Bertz CT molecular complexity index is 509. The number of benzene rings is 2. The van der Waals surface area contributed by atoms with Crippen LogP contribution in [0.2, 0.25) is 0 Å². The van der Waals surface area contributed by atoms with Crippen molar-refractivity contribution in [2.24, 2.45) is 0 Å². The number of ether oxygens (including phenoxy) is 1. The molecule has 0 aliphatic carbocycles. The maximum Gasteiger partial charge on any atom is 0.256 e. The highest BCUT2D eigenvalue weighted by molar-refractivity contribution is 6.04. The van der Waals surface area contributed by atoms with Crippen LogP contribution in [0.5, 0.6) is 5.75 Å². The van der Waals surface area contributed by atoms with Crippen molar-refractivity contribution in [3.8, 4) is 5.75 Å². The first-order chi connectivity index (χ1) is 8.31. The molecule has 2 rings (SSSR count). The van der Waals surface area contributed by atoms with Crippen molar-refractivity contribution in [1.29, 1.82) is 0 Å². The lowest BCUT2D eigenvalue weighted by Crippen LogP contribution is -2.12. The molecule has 0 spiro atoms. The molecule has 0 aliphatic rings. The quantitative estimate of drug-likeness (QED) is 0.873. The van der Waals surface area contributed by atoms with Crippen molar-refractivity contribution in [1.82, 2.24) is 0 Å². The van der Waals surface area contributed by atoms with Gasteiger partial charge in [0, 0.05) is 5.56 Å². The van der Waals surface area contributed by atoms with E-state index in [1.54, 1.807) is 37.4 Å². The third kappa shape index (κ3) is 2.64. The van der Waals surface area contributed by atoms with Crippen LogP contribution in [0.3, 0.4) is 0 Å². The van der Waals surface area contributed by atoms with Crippen LogP contribution in [0, 0.1) is 6.07 Å². The molecule has 17 heavy (non-hydrogen) atoms. The fraction of sp³-hybridized carbons (Fsp3) is 0.0714. The van der Waals surface area contributed by atoms with Gasteiger partial charge in [-0.3, -0.25) is 4.79 Å². The third-order valence-electron chi connectivity index (χ3n) is 2.31. The Balaban J connectivity index is 2.19. The van der Waals surface area contributed by atoms with Gasteiger partial charge >= 0.3 is 0 Å². The summed E-state index contributed by atoms with van der Waals surface area (Å²) >= 11 is 0. The molecule has 0 fully saturated rings. The van der Waals surface area contributed by atoms with E-state index in [1.165, 1.54) is 0 Å². The number of hydrogen-bond acceptors (Lipinski definition) is 2. The van der Waals surface area contributed by atoms with Gasteiger partial charge in [0.25, 0.3) is 5.91 Å². The van der Waals surface area contributed by atoms with E-state index in [0.717, 1.165) is 0 Å². The molecule has 0 atom stereocenters. The Morgan fingerprint density at radius 1 is 1.18 bits per heavy atom. The van der Waals surface area contributed by atoms with E-state index in [0.29, 0.717) is 17.0 Å². The zero-order valence-electron chi connectivity index (χ0n) is 9.44. The molecule has 1 N–H and O–H groups in total. The first kappa shape index (κ1) is 11.2. The van der Waals surface area contributed by atoms with E-state index in [4.69, 9.17) is 4.74 Å². The van der Waals surface area contributed by atoms with Crippen molar-refractivity contribution in [2.75, 3.05) is 12.4 Å². The minimum Gasteiger partial charge on any atom is -0.495 e. The van der Waals surface area contributed by atoms with Crippen molar-refractivity contribution in [2.45, 2.75) is 0 Å². The lowest BCUT2D eigenvalue weighted by Gasteiger charge is -2.09. The largest absolute Gasteiger partial charge is 0.495 e. The predicted octanol–water partition coefficient (Wildman–Crippen LogP) is 2.75. The highest BCUT2D eigenvalue weighted by atomic mass is 16.5. The highest BCUT2D eigenvalue weighted by Crippen LogP contribution is 2.23. The molecule has 0 aliphatic heterocycles. The van der Waals surface area contributed by atoms with Crippen LogP contribution in [0.4, 0.5) is 5.69 Å². The maximum absolute atomic E-state index is 11.9. The molecule has 0 saturated carbocycles. The summed E-state index contributed by atoms with van der Waals surface area (Å²) in [5.41, 5.74) is 1.15. The summed E-state index contributed by atoms with van der Waals surface area (Å²) in [6, 6.07) is 17.2. The van der Waals surface area contributed by atoms with Gasteiger partial charge in [-0.15, -0.1) is 0 Å². The molecule has 0 heterocycles. The predicted molar refractivity (Wildman–Crippen MR) is 66.2 cm³/mol.